The Morgan fingerprint density at radius 3 is 2.57 bits per heavy atom. The number of hydrogen-bond donors (Lipinski definition) is 1. The smallest absolute Gasteiger partial charge is 0.422 e. The highest BCUT2D eigenvalue weighted by Crippen LogP contribution is 2.26. The quantitative estimate of drug-likeness (QED) is 0.450. The van der Waals surface area contributed by atoms with E-state index in [0.717, 1.165) is 12.3 Å². The van der Waals surface area contributed by atoms with Crippen molar-refractivity contribution in [2.24, 2.45) is 0 Å². The first-order chi connectivity index (χ1) is 17.2. The monoisotopic (exact) mass is 545 g/mol. The molecule has 1 amide bonds. The first kappa shape index (κ1) is 26.6. The Morgan fingerprint density at radius 1 is 1.19 bits per heavy atom. The first-order valence-electron chi connectivity index (χ1n) is 11.1. The fourth-order valence-electron chi connectivity index (χ4n) is 3.73. The third kappa shape index (κ3) is 6.45. The lowest BCUT2D eigenvalue weighted by Gasteiger charge is -2.33. The summed E-state index contributed by atoms with van der Waals surface area (Å²) in [7, 11) is -3.11. The van der Waals surface area contributed by atoms with Crippen LogP contribution in [-0.4, -0.2) is 63.7 Å². The van der Waals surface area contributed by atoms with Gasteiger partial charge >= 0.3 is 6.18 Å². The number of carbonyl (C=O) groups excluding carboxylic acids is 1. The molecular formula is C22H23F4N5O5S. The van der Waals surface area contributed by atoms with Crippen LogP contribution in [0.2, 0.25) is 0 Å². The minimum atomic E-state index is -4.62. The van der Waals surface area contributed by atoms with Crippen LogP contribution in [0.3, 0.4) is 0 Å². The molecule has 0 saturated carbocycles. The van der Waals surface area contributed by atoms with E-state index in [-0.39, 0.29) is 48.2 Å². The Bertz CT molecular complexity index is 1430. The minimum Gasteiger partial charge on any atom is -0.485 e. The number of amides is 1. The molecule has 1 N–H and O–H groups in total. The van der Waals surface area contributed by atoms with E-state index in [1.165, 1.54) is 16.6 Å². The Labute approximate surface area is 208 Å². The van der Waals surface area contributed by atoms with Gasteiger partial charge in [-0.1, -0.05) is 0 Å². The van der Waals surface area contributed by atoms with Crippen LogP contribution >= 0.6 is 0 Å². The molecule has 10 nitrogen and oxygen atoms in total. The summed E-state index contributed by atoms with van der Waals surface area (Å²) in [6.07, 6.45) is -3.23. The van der Waals surface area contributed by atoms with Crippen molar-refractivity contribution in [3.8, 4) is 11.5 Å². The molecule has 0 spiro atoms. The van der Waals surface area contributed by atoms with E-state index in [0.29, 0.717) is 11.3 Å². The summed E-state index contributed by atoms with van der Waals surface area (Å²) in [6, 6.07) is 3.85. The van der Waals surface area contributed by atoms with Gasteiger partial charge in [0, 0.05) is 11.6 Å². The van der Waals surface area contributed by atoms with Crippen molar-refractivity contribution in [2.45, 2.75) is 45.0 Å². The van der Waals surface area contributed by atoms with Gasteiger partial charge in [-0.2, -0.15) is 13.2 Å². The molecule has 37 heavy (non-hydrogen) atoms. The van der Waals surface area contributed by atoms with E-state index in [9.17, 15) is 30.8 Å². The van der Waals surface area contributed by atoms with E-state index in [4.69, 9.17) is 4.74 Å². The molecule has 4 heterocycles. The number of halogens is 4. The number of carbonyl (C=O) groups is 1. The summed E-state index contributed by atoms with van der Waals surface area (Å²) in [5, 5.41) is 7.04. The van der Waals surface area contributed by atoms with E-state index in [1.54, 1.807) is 13.8 Å². The van der Waals surface area contributed by atoms with Crippen LogP contribution in [0.4, 0.5) is 17.6 Å². The third-order valence-corrected chi connectivity index (χ3v) is 7.54. The fourth-order valence-corrected chi connectivity index (χ4v) is 5.46. The number of rotatable bonds is 7. The van der Waals surface area contributed by atoms with Gasteiger partial charge in [0.25, 0.3) is 5.91 Å². The number of fused-ring (bicyclic) bond motifs is 1. The van der Waals surface area contributed by atoms with E-state index in [1.807, 2.05) is 0 Å². The Kier molecular flexibility index (Phi) is 7.01. The van der Waals surface area contributed by atoms with Gasteiger partial charge in [-0.25, -0.2) is 22.3 Å². The Hall–Kier alpha value is -3.49. The van der Waals surface area contributed by atoms with Crippen LogP contribution in [0.25, 0.3) is 5.65 Å². The SMILES string of the molecule is Cc1c(OCc2ncc(F)cc2OCC(F)(F)F)ccc2nc(C(=O)NC3(C)CCS(=O)(=O)CC3)nn12. The number of hydrogen-bond acceptors (Lipinski definition) is 8. The predicted molar refractivity (Wildman–Crippen MR) is 122 cm³/mol. The molecule has 1 aliphatic rings. The van der Waals surface area contributed by atoms with Crippen LogP contribution in [0.5, 0.6) is 11.5 Å². The van der Waals surface area contributed by atoms with E-state index >= 15 is 0 Å². The van der Waals surface area contributed by atoms with Gasteiger partial charge in [-0.3, -0.25) is 9.78 Å². The molecule has 0 aliphatic carbocycles. The zero-order valence-corrected chi connectivity index (χ0v) is 20.6. The largest absolute Gasteiger partial charge is 0.485 e. The average Bonchev–Trinajstić information content (AvgIpc) is 3.26. The number of nitrogens with one attached hydrogen (secondary N) is 1. The maximum absolute atomic E-state index is 13.5. The summed E-state index contributed by atoms with van der Waals surface area (Å²) in [6.45, 7) is 1.45. The molecule has 0 radical (unpaired) electrons. The number of aryl methyl sites for hydroxylation is 1. The highest BCUT2D eigenvalue weighted by Gasteiger charge is 2.35. The molecule has 0 bridgehead atoms. The second-order valence-electron chi connectivity index (χ2n) is 8.95. The van der Waals surface area contributed by atoms with Crippen molar-refractivity contribution < 1.29 is 40.2 Å². The predicted octanol–water partition coefficient (Wildman–Crippen LogP) is 2.79. The molecular weight excluding hydrogens is 522 g/mol. The van der Waals surface area contributed by atoms with Gasteiger partial charge < -0.3 is 14.8 Å². The summed E-state index contributed by atoms with van der Waals surface area (Å²) in [4.78, 5) is 20.8. The second kappa shape index (κ2) is 9.76. The maximum atomic E-state index is 13.5. The average molecular weight is 546 g/mol. The molecule has 0 aromatic carbocycles. The lowest BCUT2D eigenvalue weighted by Crippen LogP contribution is -2.51. The van der Waals surface area contributed by atoms with Gasteiger partial charge in [0.15, 0.2) is 12.3 Å². The Balaban J connectivity index is 1.48. The molecule has 1 saturated heterocycles. The van der Waals surface area contributed by atoms with E-state index < -0.39 is 45.6 Å². The fraction of sp³-hybridized carbons (Fsp3) is 0.455. The number of ether oxygens (including phenoxy) is 2. The van der Waals surface area contributed by atoms with Crippen LogP contribution in [0, 0.1) is 12.7 Å². The number of alkyl halides is 3. The van der Waals surface area contributed by atoms with Crippen molar-refractivity contribution in [1.29, 1.82) is 0 Å². The number of aromatic nitrogens is 4. The van der Waals surface area contributed by atoms with Crippen molar-refractivity contribution in [2.75, 3.05) is 18.1 Å². The zero-order chi connectivity index (χ0) is 27.0. The van der Waals surface area contributed by atoms with E-state index in [2.05, 4.69) is 25.1 Å². The van der Waals surface area contributed by atoms with Crippen LogP contribution in [0.15, 0.2) is 24.4 Å². The minimum absolute atomic E-state index is 0.0198. The number of sulfone groups is 1. The first-order valence-corrected chi connectivity index (χ1v) is 12.9. The Morgan fingerprint density at radius 2 is 1.89 bits per heavy atom. The third-order valence-electron chi connectivity index (χ3n) is 5.89. The van der Waals surface area contributed by atoms with Crippen molar-refractivity contribution >= 4 is 21.4 Å². The normalized spacial score (nSPS) is 16.9. The highest BCUT2D eigenvalue weighted by atomic mass is 32.2. The maximum Gasteiger partial charge on any atom is 0.422 e. The molecule has 1 fully saturated rings. The van der Waals surface area contributed by atoms with Gasteiger partial charge in [-0.15, -0.1) is 5.10 Å². The van der Waals surface area contributed by atoms with Gasteiger partial charge in [0.2, 0.25) is 5.82 Å². The lowest BCUT2D eigenvalue weighted by atomic mass is 9.95. The molecule has 0 atom stereocenters. The molecule has 0 unspecified atom stereocenters. The summed E-state index contributed by atoms with van der Waals surface area (Å²) < 4.78 is 86.2. The van der Waals surface area contributed by atoms with Crippen LogP contribution in [0.1, 0.15) is 41.8 Å². The second-order valence-corrected chi connectivity index (χ2v) is 11.2. The molecule has 3 aromatic rings. The standard InChI is InChI=1S/C22H23F4N5O5S/c1-13-16(35-11-15-17(9-14(23)10-27-15)36-12-22(24,25)26)3-4-18-28-19(30-31(13)18)20(32)29-21(2)5-7-37(33,34)8-6-21/h3-4,9-10H,5-8,11-12H2,1-2H3,(H,29,32). The van der Waals surface area contributed by atoms with Gasteiger partial charge in [0.05, 0.1) is 23.4 Å². The molecule has 1 aliphatic heterocycles. The highest BCUT2D eigenvalue weighted by molar-refractivity contribution is 7.91. The van der Waals surface area contributed by atoms with Crippen LogP contribution in [-0.2, 0) is 16.4 Å². The number of nitrogens with zero attached hydrogens (tertiary/aromatic N) is 4. The zero-order valence-electron chi connectivity index (χ0n) is 19.8. The van der Waals surface area contributed by atoms with Gasteiger partial charge in [0.1, 0.15) is 39.5 Å². The summed E-state index contributed by atoms with van der Waals surface area (Å²) >= 11 is 0. The summed E-state index contributed by atoms with van der Waals surface area (Å²) in [5.41, 5.74) is 0.00275. The molecule has 15 heteroatoms. The molecule has 200 valence electrons. The van der Waals surface area contributed by atoms with Crippen molar-refractivity contribution in [1.82, 2.24) is 24.9 Å². The topological polar surface area (TPSA) is 125 Å². The van der Waals surface area contributed by atoms with Crippen LogP contribution < -0.4 is 14.8 Å². The molecule has 3 aromatic heterocycles. The van der Waals surface area contributed by atoms with Crippen molar-refractivity contribution in [3.05, 3.63) is 47.4 Å². The lowest BCUT2D eigenvalue weighted by molar-refractivity contribution is -0.153. The van der Waals surface area contributed by atoms with Crippen molar-refractivity contribution in [3.63, 3.8) is 0 Å². The molecule has 4 rings (SSSR count). The number of pyridine rings is 2. The summed E-state index contributed by atoms with van der Waals surface area (Å²) in [5.74, 6) is -1.73. The van der Waals surface area contributed by atoms with Gasteiger partial charge in [-0.05, 0) is 38.8 Å².